The van der Waals surface area contributed by atoms with Gasteiger partial charge in [0, 0.05) is 25.7 Å². The third kappa shape index (κ3) is 5.19. The number of rotatable bonds is 7. The number of carboxylic acids is 1. The van der Waals surface area contributed by atoms with Crippen LogP contribution in [0.25, 0.3) is 0 Å². The molecule has 5 nitrogen and oxygen atoms in total. The zero-order chi connectivity index (χ0) is 14.3. The van der Waals surface area contributed by atoms with E-state index >= 15 is 0 Å². The first-order valence-electron chi connectivity index (χ1n) is 7.14. The van der Waals surface area contributed by atoms with E-state index in [0.29, 0.717) is 13.2 Å². The SMILES string of the molecule is CCCC(C)C(=O)NCC(C(=O)O)C1CCOCC1. The Morgan fingerprint density at radius 1 is 1.37 bits per heavy atom. The highest BCUT2D eigenvalue weighted by atomic mass is 16.5. The maximum Gasteiger partial charge on any atom is 0.308 e. The molecular weight excluding hydrogens is 246 g/mol. The molecule has 0 aromatic rings. The lowest BCUT2D eigenvalue weighted by molar-refractivity contribution is -0.145. The summed E-state index contributed by atoms with van der Waals surface area (Å²) >= 11 is 0. The molecule has 0 aliphatic carbocycles. The second kappa shape index (κ2) is 8.15. The van der Waals surface area contributed by atoms with Gasteiger partial charge in [-0.25, -0.2) is 0 Å². The summed E-state index contributed by atoms with van der Waals surface area (Å²) in [6.07, 6.45) is 3.31. The molecule has 2 N–H and O–H groups in total. The Morgan fingerprint density at radius 3 is 2.53 bits per heavy atom. The van der Waals surface area contributed by atoms with Crippen LogP contribution in [0.5, 0.6) is 0 Å². The topological polar surface area (TPSA) is 75.6 Å². The lowest BCUT2D eigenvalue weighted by Gasteiger charge is -2.28. The molecule has 5 heteroatoms. The van der Waals surface area contributed by atoms with E-state index in [1.807, 2.05) is 13.8 Å². The van der Waals surface area contributed by atoms with E-state index in [1.54, 1.807) is 0 Å². The smallest absolute Gasteiger partial charge is 0.308 e. The number of ether oxygens (including phenoxy) is 1. The molecule has 0 bridgehead atoms. The van der Waals surface area contributed by atoms with E-state index in [2.05, 4.69) is 5.32 Å². The molecule has 1 heterocycles. The number of amides is 1. The Morgan fingerprint density at radius 2 is 2.00 bits per heavy atom. The van der Waals surface area contributed by atoms with Gasteiger partial charge in [0.05, 0.1) is 5.92 Å². The van der Waals surface area contributed by atoms with Crippen LogP contribution in [0.2, 0.25) is 0 Å². The number of hydrogen-bond donors (Lipinski definition) is 2. The summed E-state index contributed by atoms with van der Waals surface area (Å²) in [6, 6.07) is 0. The fourth-order valence-corrected chi connectivity index (χ4v) is 2.52. The molecule has 0 saturated carbocycles. The van der Waals surface area contributed by atoms with Gasteiger partial charge in [-0.1, -0.05) is 20.3 Å². The third-order valence-corrected chi connectivity index (χ3v) is 3.82. The first-order valence-corrected chi connectivity index (χ1v) is 7.14. The number of aliphatic carboxylic acids is 1. The number of carboxylic acid groups (broad SMARTS) is 1. The van der Waals surface area contributed by atoms with Gasteiger partial charge >= 0.3 is 5.97 Å². The van der Waals surface area contributed by atoms with Gasteiger partial charge in [0.2, 0.25) is 5.91 Å². The fraction of sp³-hybridized carbons (Fsp3) is 0.857. The largest absolute Gasteiger partial charge is 0.481 e. The minimum atomic E-state index is -0.824. The predicted molar refractivity (Wildman–Crippen MR) is 71.8 cm³/mol. The summed E-state index contributed by atoms with van der Waals surface area (Å²) in [5, 5.41) is 12.1. The van der Waals surface area contributed by atoms with Gasteiger partial charge in [-0.2, -0.15) is 0 Å². The van der Waals surface area contributed by atoms with Crippen LogP contribution in [0.15, 0.2) is 0 Å². The zero-order valence-corrected chi connectivity index (χ0v) is 11.9. The average molecular weight is 271 g/mol. The van der Waals surface area contributed by atoms with Crippen molar-refractivity contribution in [2.24, 2.45) is 17.8 Å². The highest BCUT2D eigenvalue weighted by Gasteiger charge is 2.30. The molecule has 1 aliphatic heterocycles. The average Bonchev–Trinajstić information content (AvgIpc) is 2.39. The van der Waals surface area contributed by atoms with E-state index in [4.69, 9.17) is 4.74 Å². The van der Waals surface area contributed by atoms with Gasteiger partial charge in [-0.3, -0.25) is 9.59 Å². The number of nitrogens with one attached hydrogen (secondary N) is 1. The van der Waals surface area contributed by atoms with Crippen LogP contribution in [-0.2, 0) is 14.3 Å². The maximum atomic E-state index is 11.8. The van der Waals surface area contributed by atoms with Crippen molar-refractivity contribution in [3.05, 3.63) is 0 Å². The first-order chi connectivity index (χ1) is 9.06. The highest BCUT2D eigenvalue weighted by molar-refractivity contribution is 5.79. The summed E-state index contributed by atoms with van der Waals surface area (Å²) in [5.41, 5.74) is 0. The Kier molecular flexibility index (Phi) is 6.84. The Bertz CT molecular complexity index is 300. The van der Waals surface area contributed by atoms with Crippen LogP contribution in [0.4, 0.5) is 0 Å². The Hall–Kier alpha value is -1.10. The number of carbonyl (C=O) groups excluding carboxylic acids is 1. The van der Waals surface area contributed by atoms with Gasteiger partial charge in [0.1, 0.15) is 0 Å². The second-order valence-corrected chi connectivity index (χ2v) is 5.33. The molecule has 0 aromatic carbocycles. The standard InChI is InChI=1S/C14H25NO4/c1-3-4-10(2)13(16)15-9-12(14(17)18)11-5-7-19-8-6-11/h10-12H,3-9H2,1-2H3,(H,15,16)(H,17,18). The Balaban J connectivity index is 2.45. The minimum Gasteiger partial charge on any atom is -0.481 e. The van der Waals surface area contributed by atoms with Crippen molar-refractivity contribution in [2.45, 2.75) is 39.5 Å². The van der Waals surface area contributed by atoms with Gasteiger partial charge in [-0.05, 0) is 25.2 Å². The second-order valence-electron chi connectivity index (χ2n) is 5.33. The zero-order valence-electron chi connectivity index (χ0n) is 11.9. The normalized spacial score (nSPS) is 19.7. The molecular formula is C14H25NO4. The van der Waals surface area contributed by atoms with Crippen LogP contribution in [-0.4, -0.2) is 36.7 Å². The monoisotopic (exact) mass is 271 g/mol. The maximum absolute atomic E-state index is 11.8. The van der Waals surface area contributed by atoms with E-state index in [0.717, 1.165) is 25.7 Å². The fourth-order valence-electron chi connectivity index (χ4n) is 2.52. The van der Waals surface area contributed by atoms with Crippen molar-refractivity contribution in [3.63, 3.8) is 0 Å². The molecule has 1 rings (SSSR count). The lowest BCUT2D eigenvalue weighted by Crippen LogP contribution is -2.40. The number of hydrogen-bond acceptors (Lipinski definition) is 3. The van der Waals surface area contributed by atoms with Gasteiger partial charge in [-0.15, -0.1) is 0 Å². The van der Waals surface area contributed by atoms with E-state index in [9.17, 15) is 14.7 Å². The molecule has 1 amide bonds. The highest BCUT2D eigenvalue weighted by Crippen LogP contribution is 2.23. The predicted octanol–water partition coefficient (Wildman–Crippen LogP) is 1.67. The summed E-state index contributed by atoms with van der Waals surface area (Å²) in [7, 11) is 0. The van der Waals surface area contributed by atoms with E-state index in [-0.39, 0.29) is 24.3 Å². The molecule has 0 radical (unpaired) electrons. The summed E-state index contributed by atoms with van der Waals surface area (Å²) < 4.78 is 5.25. The molecule has 1 fully saturated rings. The minimum absolute atomic E-state index is 0.0415. The molecule has 110 valence electrons. The van der Waals surface area contributed by atoms with Crippen molar-refractivity contribution >= 4 is 11.9 Å². The molecule has 1 aliphatic rings. The molecule has 2 unspecified atom stereocenters. The lowest BCUT2D eigenvalue weighted by atomic mass is 9.86. The van der Waals surface area contributed by atoms with Crippen molar-refractivity contribution in [1.29, 1.82) is 0 Å². The molecule has 0 spiro atoms. The van der Waals surface area contributed by atoms with Crippen LogP contribution in [0.3, 0.4) is 0 Å². The molecule has 0 aromatic heterocycles. The van der Waals surface area contributed by atoms with Crippen LogP contribution < -0.4 is 5.32 Å². The van der Waals surface area contributed by atoms with Crippen LogP contribution >= 0.6 is 0 Å². The van der Waals surface area contributed by atoms with Crippen molar-refractivity contribution in [1.82, 2.24) is 5.32 Å². The van der Waals surface area contributed by atoms with E-state index < -0.39 is 11.9 Å². The molecule has 1 saturated heterocycles. The Labute approximate surface area is 114 Å². The van der Waals surface area contributed by atoms with Crippen LogP contribution in [0, 0.1) is 17.8 Å². The van der Waals surface area contributed by atoms with Crippen molar-refractivity contribution in [3.8, 4) is 0 Å². The summed E-state index contributed by atoms with van der Waals surface area (Å²) in [5.74, 6) is -1.31. The molecule has 2 atom stereocenters. The summed E-state index contributed by atoms with van der Waals surface area (Å²) in [4.78, 5) is 23.1. The third-order valence-electron chi connectivity index (χ3n) is 3.82. The van der Waals surface area contributed by atoms with Gasteiger partial charge < -0.3 is 15.2 Å². The quantitative estimate of drug-likeness (QED) is 0.738. The molecule has 19 heavy (non-hydrogen) atoms. The van der Waals surface area contributed by atoms with Crippen molar-refractivity contribution in [2.75, 3.05) is 19.8 Å². The van der Waals surface area contributed by atoms with Gasteiger partial charge in [0.25, 0.3) is 0 Å². The van der Waals surface area contributed by atoms with Crippen LogP contribution in [0.1, 0.15) is 39.5 Å². The number of carbonyl (C=O) groups is 2. The van der Waals surface area contributed by atoms with E-state index in [1.165, 1.54) is 0 Å². The van der Waals surface area contributed by atoms with Gasteiger partial charge in [0.15, 0.2) is 0 Å². The van der Waals surface area contributed by atoms with Crippen molar-refractivity contribution < 1.29 is 19.4 Å². The summed E-state index contributed by atoms with van der Waals surface area (Å²) in [6.45, 7) is 5.38. The first kappa shape index (κ1) is 16.0.